The van der Waals surface area contributed by atoms with Crippen LogP contribution in [0.3, 0.4) is 0 Å². The fourth-order valence-corrected chi connectivity index (χ4v) is 0.965. The third-order valence-electron chi connectivity index (χ3n) is 1.52. The highest BCUT2D eigenvalue weighted by Gasteiger charge is 2.33. The molecule has 0 aliphatic rings. The van der Waals surface area contributed by atoms with Crippen molar-refractivity contribution in [2.75, 3.05) is 0 Å². The van der Waals surface area contributed by atoms with Crippen LogP contribution in [-0.4, -0.2) is 5.84 Å². The van der Waals surface area contributed by atoms with Gasteiger partial charge in [0.1, 0.15) is 5.84 Å². The van der Waals surface area contributed by atoms with E-state index in [1.54, 1.807) is 0 Å². The number of amidine groups is 1. The van der Waals surface area contributed by atoms with Gasteiger partial charge in [-0.2, -0.15) is 13.2 Å². The molecular formula is C8H9Cl2F3N2. The Balaban J connectivity index is 0. The van der Waals surface area contributed by atoms with Crippen LogP contribution in [-0.2, 0) is 6.18 Å². The predicted molar refractivity (Wildman–Crippen MR) is 57.0 cm³/mol. The van der Waals surface area contributed by atoms with E-state index in [1.165, 1.54) is 18.2 Å². The number of nitrogens with two attached hydrogens (primary N) is 1. The van der Waals surface area contributed by atoms with E-state index in [9.17, 15) is 13.2 Å². The van der Waals surface area contributed by atoms with Crippen molar-refractivity contribution in [1.29, 1.82) is 5.41 Å². The van der Waals surface area contributed by atoms with Crippen molar-refractivity contribution >= 4 is 30.6 Å². The zero-order valence-corrected chi connectivity index (χ0v) is 8.97. The lowest BCUT2D eigenvalue weighted by atomic mass is 10.1. The largest absolute Gasteiger partial charge is 0.417 e. The maximum Gasteiger partial charge on any atom is 0.417 e. The van der Waals surface area contributed by atoms with Gasteiger partial charge in [-0.3, -0.25) is 5.41 Å². The molecule has 1 aromatic rings. The van der Waals surface area contributed by atoms with Crippen LogP contribution in [0.5, 0.6) is 0 Å². The minimum absolute atomic E-state index is 0. The Labute approximate surface area is 97.0 Å². The van der Waals surface area contributed by atoms with E-state index in [4.69, 9.17) is 11.1 Å². The van der Waals surface area contributed by atoms with Gasteiger partial charge in [-0.05, 0) is 6.07 Å². The minimum atomic E-state index is -4.46. The zero-order chi connectivity index (χ0) is 10.1. The first-order valence-corrected chi connectivity index (χ1v) is 3.43. The standard InChI is InChI=1S/C8H7F3N2.2ClH/c9-8(10,11)6-4-2-1-3-5(6)7(12)13;;/h1-4H,(H3,12,13);2*1H. The third kappa shape index (κ3) is 3.97. The molecule has 0 aliphatic heterocycles. The maximum absolute atomic E-state index is 12.3. The number of alkyl halides is 3. The van der Waals surface area contributed by atoms with Gasteiger partial charge in [0.05, 0.1) is 5.56 Å². The molecule has 0 unspecified atom stereocenters. The molecule has 0 heterocycles. The zero-order valence-electron chi connectivity index (χ0n) is 7.34. The molecule has 0 aromatic heterocycles. The van der Waals surface area contributed by atoms with Crippen molar-refractivity contribution in [2.24, 2.45) is 5.73 Å². The van der Waals surface area contributed by atoms with Crippen LogP contribution in [0.4, 0.5) is 13.2 Å². The molecule has 0 spiro atoms. The van der Waals surface area contributed by atoms with Crippen LogP contribution in [0, 0.1) is 5.41 Å². The monoisotopic (exact) mass is 260 g/mol. The molecule has 86 valence electrons. The number of rotatable bonds is 1. The van der Waals surface area contributed by atoms with Gasteiger partial charge in [-0.15, -0.1) is 24.8 Å². The molecular weight excluding hydrogens is 252 g/mol. The predicted octanol–water partition coefficient (Wildman–Crippen LogP) is 2.83. The summed E-state index contributed by atoms with van der Waals surface area (Å²) >= 11 is 0. The lowest BCUT2D eigenvalue weighted by molar-refractivity contribution is -0.137. The lowest BCUT2D eigenvalue weighted by Gasteiger charge is -2.10. The van der Waals surface area contributed by atoms with Crippen LogP contribution in [0.2, 0.25) is 0 Å². The first-order valence-electron chi connectivity index (χ1n) is 3.43. The Bertz CT molecular complexity index is 339. The first-order chi connectivity index (χ1) is 5.93. The van der Waals surface area contributed by atoms with Gasteiger partial charge in [0.2, 0.25) is 0 Å². The molecule has 0 atom stereocenters. The Hall–Kier alpha value is -0.940. The van der Waals surface area contributed by atoms with Crippen molar-refractivity contribution in [3.05, 3.63) is 35.4 Å². The fourth-order valence-electron chi connectivity index (χ4n) is 0.965. The van der Waals surface area contributed by atoms with E-state index < -0.39 is 17.6 Å². The van der Waals surface area contributed by atoms with E-state index in [2.05, 4.69) is 0 Å². The van der Waals surface area contributed by atoms with Gasteiger partial charge in [0, 0.05) is 5.56 Å². The Morgan fingerprint density at radius 3 is 1.93 bits per heavy atom. The summed E-state index contributed by atoms with van der Waals surface area (Å²) in [6.07, 6.45) is -4.46. The SMILES string of the molecule is Cl.Cl.N=C(N)c1ccccc1C(F)(F)F. The first kappa shape index (κ1) is 16.5. The van der Waals surface area contributed by atoms with Crippen molar-refractivity contribution in [1.82, 2.24) is 0 Å². The number of hydrogen-bond acceptors (Lipinski definition) is 1. The molecule has 0 amide bonds. The topological polar surface area (TPSA) is 49.9 Å². The van der Waals surface area contributed by atoms with Crippen molar-refractivity contribution in [2.45, 2.75) is 6.18 Å². The lowest BCUT2D eigenvalue weighted by Crippen LogP contribution is -2.18. The van der Waals surface area contributed by atoms with Gasteiger partial charge >= 0.3 is 6.18 Å². The van der Waals surface area contributed by atoms with Crippen LogP contribution in [0.15, 0.2) is 24.3 Å². The molecule has 0 aliphatic carbocycles. The van der Waals surface area contributed by atoms with Gasteiger partial charge in [-0.1, -0.05) is 18.2 Å². The fraction of sp³-hybridized carbons (Fsp3) is 0.125. The summed E-state index contributed by atoms with van der Waals surface area (Å²) < 4.78 is 36.8. The molecule has 0 fully saturated rings. The highest BCUT2D eigenvalue weighted by atomic mass is 35.5. The molecule has 0 radical (unpaired) electrons. The van der Waals surface area contributed by atoms with Crippen molar-refractivity contribution in [3.63, 3.8) is 0 Å². The Morgan fingerprint density at radius 2 is 1.60 bits per heavy atom. The van der Waals surface area contributed by atoms with Gasteiger partial charge in [0.15, 0.2) is 0 Å². The van der Waals surface area contributed by atoms with E-state index in [0.717, 1.165) is 6.07 Å². The second-order valence-electron chi connectivity index (χ2n) is 2.46. The molecule has 0 saturated heterocycles. The van der Waals surface area contributed by atoms with Crippen molar-refractivity contribution in [3.8, 4) is 0 Å². The van der Waals surface area contributed by atoms with Gasteiger partial charge in [0.25, 0.3) is 0 Å². The summed E-state index contributed by atoms with van der Waals surface area (Å²) in [4.78, 5) is 0. The summed E-state index contributed by atoms with van der Waals surface area (Å²) in [5, 5.41) is 6.93. The second-order valence-corrected chi connectivity index (χ2v) is 2.46. The van der Waals surface area contributed by atoms with E-state index in [0.29, 0.717) is 0 Å². The quantitative estimate of drug-likeness (QED) is 0.592. The molecule has 1 rings (SSSR count). The minimum Gasteiger partial charge on any atom is -0.384 e. The van der Waals surface area contributed by atoms with E-state index in [-0.39, 0.29) is 30.4 Å². The molecule has 2 nitrogen and oxygen atoms in total. The molecule has 15 heavy (non-hydrogen) atoms. The smallest absolute Gasteiger partial charge is 0.384 e. The number of hydrogen-bond donors (Lipinski definition) is 2. The summed E-state index contributed by atoms with van der Waals surface area (Å²) in [6, 6.07) is 4.74. The summed E-state index contributed by atoms with van der Waals surface area (Å²) in [6.45, 7) is 0. The molecule has 3 N–H and O–H groups in total. The van der Waals surface area contributed by atoms with Gasteiger partial charge < -0.3 is 5.73 Å². The average Bonchev–Trinajstić information content (AvgIpc) is 2.03. The van der Waals surface area contributed by atoms with Gasteiger partial charge in [-0.25, -0.2) is 0 Å². The van der Waals surface area contributed by atoms with E-state index in [1.807, 2.05) is 0 Å². The number of halogens is 5. The molecule has 7 heteroatoms. The summed E-state index contributed by atoms with van der Waals surface area (Å²) in [5.74, 6) is -0.576. The van der Waals surface area contributed by atoms with Crippen LogP contribution in [0.1, 0.15) is 11.1 Å². The third-order valence-corrected chi connectivity index (χ3v) is 1.52. The molecule has 0 saturated carbocycles. The summed E-state index contributed by atoms with van der Waals surface area (Å²) in [7, 11) is 0. The van der Waals surface area contributed by atoms with Crippen LogP contribution in [0.25, 0.3) is 0 Å². The van der Waals surface area contributed by atoms with Crippen LogP contribution >= 0.6 is 24.8 Å². The van der Waals surface area contributed by atoms with Crippen molar-refractivity contribution < 1.29 is 13.2 Å². The summed E-state index contributed by atoms with van der Waals surface area (Å²) in [5.41, 5.74) is 3.84. The average molecular weight is 261 g/mol. The Morgan fingerprint density at radius 1 is 1.13 bits per heavy atom. The van der Waals surface area contributed by atoms with Crippen LogP contribution < -0.4 is 5.73 Å². The van der Waals surface area contributed by atoms with E-state index >= 15 is 0 Å². The Kier molecular flexibility index (Phi) is 6.40. The molecule has 0 bridgehead atoms. The number of nitrogens with one attached hydrogen (secondary N) is 1. The maximum atomic E-state index is 12.3. The number of benzene rings is 1. The highest BCUT2D eigenvalue weighted by Crippen LogP contribution is 2.31. The molecule has 1 aromatic carbocycles. The highest BCUT2D eigenvalue weighted by molar-refractivity contribution is 5.96. The second kappa shape index (κ2) is 5.82. The normalized spacial score (nSPS) is 9.80. The number of nitrogen functional groups attached to an aromatic ring is 1.